The monoisotopic (exact) mass is 350 g/mol. The van der Waals surface area contributed by atoms with Gasteiger partial charge < -0.3 is 0 Å². The number of rotatable bonds is 4. The zero-order valence-corrected chi connectivity index (χ0v) is 13.9. The lowest BCUT2D eigenvalue weighted by molar-refractivity contribution is 0.625. The maximum Gasteiger partial charge on any atom is 0.329 e. The summed E-state index contributed by atoms with van der Waals surface area (Å²) in [5.41, 5.74) is 3.16. The van der Waals surface area contributed by atoms with Crippen LogP contribution >= 0.6 is 0 Å². The summed E-state index contributed by atoms with van der Waals surface area (Å²) in [5.74, 6) is -0.611. The zero-order chi connectivity index (χ0) is 18.1. The second-order valence-corrected chi connectivity index (χ2v) is 6.20. The Labute approximate surface area is 148 Å². The van der Waals surface area contributed by atoms with Crippen LogP contribution in [0.5, 0.6) is 0 Å². The maximum atomic E-state index is 13.1. The number of imidazole rings is 1. The lowest BCUT2D eigenvalue weighted by Crippen LogP contribution is -2.25. The molecule has 0 N–H and O–H groups in total. The Morgan fingerprint density at radius 2 is 1.00 bits per heavy atom. The molecule has 0 aliphatic rings. The number of hydrogen-bond acceptors (Lipinski definition) is 1. The molecule has 0 unspecified atom stereocenters. The Morgan fingerprint density at radius 1 is 0.615 bits per heavy atom. The van der Waals surface area contributed by atoms with Gasteiger partial charge in [-0.1, -0.05) is 36.4 Å². The average Bonchev–Trinajstić information content (AvgIpc) is 2.91. The highest BCUT2D eigenvalue weighted by Crippen LogP contribution is 2.16. The summed E-state index contributed by atoms with van der Waals surface area (Å²) in [4.78, 5) is 13.0. The number of fused-ring (bicyclic) bond motifs is 1. The van der Waals surface area contributed by atoms with E-state index in [9.17, 15) is 13.6 Å². The molecule has 0 saturated heterocycles. The van der Waals surface area contributed by atoms with E-state index in [4.69, 9.17) is 0 Å². The lowest BCUT2D eigenvalue weighted by Gasteiger charge is -2.04. The van der Waals surface area contributed by atoms with E-state index in [1.807, 2.05) is 24.3 Å². The smallest absolute Gasteiger partial charge is 0.287 e. The van der Waals surface area contributed by atoms with Gasteiger partial charge in [0.2, 0.25) is 0 Å². The van der Waals surface area contributed by atoms with Gasteiger partial charge in [-0.2, -0.15) is 0 Å². The maximum absolute atomic E-state index is 13.1. The Kier molecular flexibility index (Phi) is 4.13. The normalized spacial score (nSPS) is 11.2. The minimum atomic E-state index is -0.306. The fourth-order valence-corrected chi connectivity index (χ4v) is 3.12. The van der Waals surface area contributed by atoms with E-state index in [0.29, 0.717) is 13.1 Å². The fraction of sp³-hybridized carbons (Fsp3) is 0.0952. The van der Waals surface area contributed by atoms with Crippen molar-refractivity contribution >= 4 is 11.0 Å². The first kappa shape index (κ1) is 16.3. The highest BCUT2D eigenvalue weighted by molar-refractivity contribution is 5.76. The first-order chi connectivity index (χ1) is 12.6. The molecule has 5 heteroatoms. The third kappa shape index (κ3) is 3.04. The molecular formula is C21H16F2N2O. The topological polar surface area (TPSA) is 26.9 Å². The molecule has 4 aromatic rings. The first-order valence-electron chi connectivity index (χ1n) is 8.29. The van der Waals surface area contributed by atoms with E-state index in [2.05, 4.69) is 0 Å². The third-order valence-corrected chi connectivity index (χ3v) is 4.43. The molecule has 0 atom stereocenters. The Hall–Kier alpha value is -3.21. The van der Waals surface area contributed by atoms with Crippen molar-refractivity contribution in [2.24, 2.45) is 0 Å². The molecule has 0 aliphatic carbocycles. The highest BCUT2D eigenvalue weighted by Gasteiger charge is 2.13. The third-order valence-electron chi connectivity index (χ3n) is 4.43. The first-order valence-corrected chi connectivity index (χ1v) is 8.29. The van der Waals surface area contributed by atoms with Crippen LogP contribution in [0.4, 0.5) is 8.78 Å². The summed E-state index contributed by atoms with van der Waals surface area (Å²) < 4.78 is 29.6. The molecule has 0 bridgehead atoms. The zero-order valence-electron chi connectivity index (χ0n) is 13.9. The van der Waals surface area contributed by atoms with Gasteiger partial charge in [-0.15, -0.1) is 0 Å². The molecule has 0 spiro atoms. The number of benzene rings is 3. The van der Waals surface area contributed by atoms with E-state index in [1.165, 1.54) is 24.3 Å². The van der Waals surface area contributed by atoms with Crippen molar-refractivity contribution in [2.45, 2.75) is 13.1 Å². The van der Waals surface area contributed by atoms with Crippen LogP contribution in [-0.4, -0.2) is 9.13 Å². The van der Waals surface area contributed by atoms with Gasteiger partial charge in [-0.05, 0) is 47.5 Å². The van der Waals surface area contributed by atoms with E-state index in [-0.39, 0.29) is 17.3 Å². The van der Waals surface area contributed by atoms with Gasteiger partial charge in [0.25, 0.3) is 0 Å². The Bertz CT molecular complexity index is 1020. The van der Waals surface area contributed by atoms with Crippen molar-refractivity contribution in [3.05, 3.63) is 106 Å². The molecule has 3 aromatic carbocycles. The van der Waals surface area contributed by atoms with Gasteiger partial charge in [-0.3, -0.25) is 9.13 Å². The van der Waals surface area contributed by atoms with Crippen LogP contribution in [0.15, 0.2) is 77.6 Å². The van der Waals surface area contributed by atoms with Crippen molar-refractivity contribution in [1.82, 2.24) is 9.13 Å². The van der Waals surface area contributed by atoms with Crippen molar-refractivity contribution in [3.63, 3.8) is 0 Å². The predicted octanol–water partition coefficient (Wildman–Crippen LogP) is 4.18. The quantitative estimate of drug-likeness (QED) is 0.542. The molecular weight excluding hydrogens is 334 g/mol. The van der Waals surface area contributed by atoms with Crippen LogP contribution in [0.3, 0.4) is 0 Å². The molecule has 0 fully saturated rings. The van der Waals surface area contributed by atoms with E-state index < -0.39 is 0 Å². The fourth-order valence-electron chi connectivity index (χ4n) is 3.12. The summed E-state index contributed by atoms with van der Waals surface area (Å²) in [6, 6.07) is 19.8. The van der Waals surface area contributed by atoms with Crippen molar-refractivity contribution in [2.75, 3.05) is 0 Å². The van der Waals surface area contributed by atoms with Crippen LogP contribution < -0.4 is 5.69 Å². The molecule has 1 heterocycles. The van der Waals surface area contributed by atoms with Gasteiger partial charge in [-0.25, -0.2) is 13.6 Å². The Morgan fingerprint density at radius 3 is 1.38 bits per heavy atom. The van der Waals surface area contributed by atoms with Crippen LogP contribution in [-0.2, 0) is 13.1 Å². The second-order valence-electron chi connectivity index (χ2n) is 6.20. The molecule has 26 heavy (non-hydrogen) atoms. The van der Waals surface area contributed by atoms with Gasteiger partial charge >= 0.3 is 5.69 Å². The van der Waals surface area contributed by atoms with E-state index in [1.54, 1.807) is 33.4 Å². The van der Waals surface area contributed by atoms with Crippen molar-refractivity contribution in [3.8, 4) is 0 Å². The van der Waals surface area contributed by atoms with Crippen molar-refractivity contribution < 1.29 is 8.78 Å². The molecule has 0 aliphatic heterocycles. The highest BCUT2D eigenvalue weighted by atomic mass is 19.1. The SMILES string of the molecule is O=c1n(Cc2ccc(F)cc2)c2ccccc2n1Cc1ccc(F)cc1. The summed E-state index contributed by atoms with van der Waals surface area (Å²) in [6.45, 7) is 0.714. The van der Waals surface area contributed by atoms with Crippen LogP contribution in [0.2, 0.25) is 0 Å². The van der Waals surface area contributed by atoms with Gasteiger partial charge in [0.05, 0.1) is 24.1 Å². The van der Waals surface area contributed by atoms with Crippen LogP contribution in [0.1, 0.15) is 11.1 Å². The summed E-state index contributed by atoms with van der Waals surface area (Å²) in [6.07, 6.45) is 0. The largest absolute Gasteiger partial charge is 0.329 e. The molecule has 130 valence electrons. The Balaban J connectivity index is 1.79. The standard InChI is InChI=1S/C21H16F2N2O/c22-17-9-5-15(6-10-17)13-24-19-3-1-2-4-20(19)25(21(24)26)14-16-7-11-18(23)12-8-16/h1-12H,13-14H2. The number of nitrogens with zero attached hydrogens (tertiary/aromatic N) is 2. The van der Waals surface area contributed by atoms with Gasteiger partial charge in [0.15, 0.2) is 0 Å². The molecule has 1 aromatic heterocycles. The van der Waals surface area contributed by atoms with E-state index >= 15 is 0 Å². The molecule has 3 nitrogen and oxygen atoms in total. The molecule has 0 radical (unpaired) electrons. The summed E-state index contributed by atoms with van der Waals surface area (Å²) in [7, 11) is 0. The van der Waals surface area contributed by atoms with E-state index in [0.717, 1.165) is 22.2 Å². The van der Waals surface area contributed by atoms with Gasteiger partial charge in [0, 0.05) is 0 Å². The van der Waals surface area contributed by atoms with Crippen molar-refractivity contribution in [1.29, 1.82) is 0 Å². The molecule has 4 rings (SSSR count). The molecule has 0 amide bonds. The minimum Gasteiger partial charge on any atom is -0.287 e. The van der Waals surface area contributed by atoms with Crippen LogP contribution in [0.25, 0.3) is 11.0 Å². The minimum absolute atomic E-state index is 0.153. The number of hydrogen-bond donors (Lipinski definition) is 0. The number of aromatic nitrogens is 2. The molecule has 0 saturated carbocycles. The van der Waals surface area contributed by atoms with Crippen LogP contribution in [0, 0.1) is 11.6 Å². The summed E-state index contributed by atoms with van der Waals surface area (Å²) in [5, 5.41) is 0. The number of halogens is 2. The second kappa shape index (κ2) is 6.59. The predicted molar refractivity (Wildman–Crippen MR) is 97.2 cm³/mol. The lowest BCUT2D eigenvalue weighted by atomic mass is 10.2. The number of para-hydroxylation sites is 2. The average molecular weight is 350 g/mol. The summed E-state index contributed by atoms with van der Waals surface area (Å²) >= 11 is 0. The van der Waals surface area contributed by atoms with Gasteiger partial charge in [0.1, 0.15) is 11.6 Å².